The summed E-state index contributed by atoms with van der Waals surface area (Å²) in [5.41, 5.74) is 1.59. The Labute approximate surface area is 162 Å². The molecule has 1 heterocycles. The summed E-state index contributed by atoms with van der Waals surface area (Å²) in [5, 5.41) is 0. The van der Waals surface area contributed by atoms with Crippen molar-refractivity contribution < 1.29 is 26.3 Å². The average molecular weight is 413 g/mol. The van der Waals surface area contributed by atoms with Gasteiger partial charge in [-0.3, -0.25) is 4.90 Å². The van der Waals surface area contributed by atoms with Crippen LogP contribution >= 0.6 is 0 Å². The third-order valence-corrected chi connectivity index (χ3v) is 5.71. The Hall–Kier alpha value is -2.06. The third kappa shape index (κ3) is 5.72. The predicted molar refractivity (Wildman–Crippen MR) is 101 cm³/mol. The number of fused-ring (bicyclic) bond motifs is 1. The third-order valence-electron chi connectivity index (χ3n) is 4.68. The minimum absolute atomic E-state index is 0.174. The van der Waals surface area contributed by atoms with Gasteiger partial charge >= 0.3 is 6.18 Å². The van der Waals surface area contributed by atoms with Gasteiger partial charge in [0.15, 0.2) is 0 Å². The number of nitrogens with zero attached hydrogens (tertiary/aromatic N) is 1. The van der Waals surface area contributed by atoms with Crippen LogP contribution in [0, 0.1) is 0 Å². The van der Waals surface area contributed by atoms with Crippen molar-refractivity contribution in [2.24, 2.45) is 0 Å². The van der Waals surface area contributed by atoms with Gasteiger partial charge in [0.1, 0.15) is 21.3 Å². The number of hydrogen-bond donors (Lipinski definition) is 0. The van der Waals surface area contributed by atoms with Crippen LogP contribution in [0.15, 0.2) is 42.5 Å². The molecule has 0 unspecified atom stereocenters. The smallest absolute Gasteiger partial charge is 0.416 e. The number of benzene rings is 2. The van der Waals surface area contributed by atoms with E-state index >= 15 is 0 Å². The van der Waals surface area contributed by atoms with Crippen LogP contribution in [0.4, 0.5) is 13.2 Å². The normalized spacial score (nSPS) is 15.3. The standard InChI is InChI=1S/C20H22F3NO3S/c1-28(25,26)12-2-10-24-11-9-15-3-6-19(13-16(15)14-24)27-18-7-4-17(5-8-18)20(21,22)23/h3-8,13H,2,9-12,14H2,1H3. The van der Waals surface area contributed by atoms with E-state index in [-0.39, 0.29) is 5.75 Å². The summed E-state index contributed by atoms with van der Waals surface area (Å²) in [5.74, 6) is 1.08. The van der Waals surface area contributed by atoms with Gasteiger partial charge in [0.05, 0.1) is 11.3 Å². The monoisotopic (exact) mass is 413 g/mol. The van der Waals surface area contributed by atoms with Crippen molar-refractivity contribution in [1.29, 1.82) is 0 Å². The molecule has 0 atom stereocenters. The molecule has 0 amide bonds. The second kappa shape index (κ2) is 8.13. The lowest BCUT2D eigenvalue weighted by molar-refractivity contribution is -0.137. The summed E-state index contributed by atoms with van der Waals surface area (Å²) in [4.78, 5) is 2.20. The van der Waals surface area contributed by atoms with E-state index in [1.165, 1.54) is 24.0 Å². The summed E-state index contributed by atoms with van der Waals surface area (Å²) >= 11 is 0. The molecule has 28 heavy (non-hydrogen) atoms. The molecule has 0 fully saturated rings. The summed E-state index contributed by atoms with van der Waals surface area (Å²) in [6.45, 7) is 2.27. The quantitative estimate of drug-likeness (QED) is 0.709. The van der Waals surface area contributed by atoms with Crippen molar-refractivity contribution in [3.05, 3.63) is 59.2 Å². The fraction of sp³-hybridized carbons (Fsp3) is 0.400. The van der Waals surface area contributed by atoms with Gasteiger partial charge in [0, 0.05) is 19.3 Å². The number of sulfone groups is 1. The molecular formula is C20H22F3NO3S. The van der Waals surface area contributed by atoms with Gasteiger partial charge in [0.2, 0.25) is 0 Å². The minimum atomic E-state index is -4.37. The summed E-state index contributed by atoms with van der Waals surface area (Å²) in [6, 6.07) is 10.3. The Morgan fingerprint density at radius 1 is 1.04 bits per heavy atom. The van der Waals surface area contributed by atoms with Crippen LogP contribution in [-0.4, -0.2) is 38.4 Å². The highest BCUT2D eigenvalue weighted by Gasteiger charge is 2.30. The summed E-state index contributed by atoms with van der Waals surface area (Å²) < 4.78 is 66.2. The molecule has 1 aliphatic heterocycles. The lowest BCUT2D eigenvalue weighted by atomic mass is 9.99. The van der Waals surface area contributed by atoms with Crippen LogP contribution in [0.1, 0.15) is 23.1 Å². The summed E-state index contributed by atoms with van der Waals surface area (Å²) in [7, 11) is -2.96. The molecule has 0 spiro atoms. The number of halogens is 3. The van der Waals surface area contributed by atoms with Crippen molar-refractivity contribution >= 4 is 9.84 Å². The lowest BCUT2D eigenvalue weighted by Crippen LogP contribution is -2.32. The molecular weight excluding hydrogens is 391 g/mol. The van der Waals surface area contributed by atoms with E-state index in [1.54, 1.807) is 0 Å². The topological polar surface area (TPSA) is 46.6 Å². The number of rotatable bonds is 6. The molecule has 2 aromatic rings. The molecule has 2 aromatic carbocycles. The van der Waals surface area contributed by atoms with Gasteiger partial charge in [-0.25, -0.2) is 8.42 Å². The molecule has 0 aliphatic carbocycles. The van der Waals surface area contributed by atoms with Crippen LogP contribution in [0.3, 0.4) is 0 Å². The van der Waals surface area contributed by atoms with Gasteiger partial charge in [-0.15, -0.1) is 0 Å². The molecule has 0 N–H and O–H groups in total. The molecule has 152 valence electrons. The largest absolute Gasteiger partial charge is 0.457 e. The van der Waals surface area contributed by atoms with E-state index < -0.39 is 21.6 Å². The molecule has 1 aliphatic rings. The van der Waals surface area contributed by atoms with Crippen molar-refractivity contribution in [3.8, 4) is 11.5 Å². The molecule has 0 bridgehead atoms. The number of hydrogen-bond acceptors (Lipinski definition) is 4. The van der Waals surface area contributed by atoms with Crippen molar-refractivity contribution in [2.45, 2.75) is 25.6 Å². The molecule has 0 radical (unpaired) electrons. The second-order valence-electron chi connectivity index (χ2n) is 7.06. The van der Waals surface area contributed by atoms with E-state index in [1.807, 2.05) is 18.2 Å². The van der Waals surface area contributed by atoms with Crippen molar-refractivity contribution in [2.75, 3.05) is 25.1 Å². The van der Waals surface area contributed by atoms with E-state index in [9.17, 15) is 21.6 Å². The molecule has 0 saturated heterocycles. The van der Waals surface area contributed by atoms with Crippen LogP contribution < -0.4 is 4.74 Å². The highest BCUT2D eigenvalue weighted by Crippen LogP contribution is 2.32. The maximum Gasteiger partial charge on any atom is 0.416 e. The van der Waals surface area contributed by atoms with Crippen LogP contribution in [0.5, 0.6) is 11.5 Å². The molecule has 3 rings (SSSR count). The van der Waals surface area contributed by atoms with E-state index in [0.29, 0.717) is 31.0 Å². The highest BCUT2D eigenvalue weighted by atomic mass is 32.2. The number of ether oxygens (including phenoxy) is 1. The highest BCUT2D eigenvalue weighted by molar-refractivity contribution is 7.90. The first-order chi connectivity index (χ1) is 13.1. The number of alkyl halides is 3. The zero-order chi connectivity index (χ0) is 20.4. The Morgan fingerprint density at radius 2 is 1.71 bits per heavy atom. The van der Waals surface area contributed by atoms with Gasteiger partial charge in [-0.1, -0.05) is 6.07 Å². The maximum atomic E-state index is 12.6. The van der Waals surface area contributed by atoms with Gasteiger partial charge in [-0.05, 0) is 66.9 Å². The Morgan fingerprint density at radius 3 is 2.36 bits per heavy atom. The minimum Gasteiger partial charge on any atom is -0.457 e. The Bertz CT molecular complexity index is 925. The van der Waals surface area contributed by atoms with E-state index in [4.69, 9.17) is 4.74 Å². The zero-order valence-electron chi connectivity index (χ0n) is 15.5. The Kier molecular flexibility index (Phi) is 6.00. The van der Waals surface area contributed by atoms with Crippen LogP contribution in [-0.2, 0) is 29.0 Å². The zero-order valence-corrected chi connectivity index (χ0v) is 16.3. The molecule has 0 saturated carbocycles. The van der Waals surface area contributed by atoms with Crippen molar-refractivity contribution in [3.63, 3.8) is 0 Å². The fourth-order valence-corrected chi connectivity index (χ4v) is 3.90. The molecule has 8 heteroatoms. The fourth-order valence-electron chi connectivity index (χ4n) is 3.24. The van der Waals surface area contributed by atoms with Crippen LogP contribution in [0.2, 0.25) is 0 Å². The first-order valence-electron chi connectivity index (χ1n) is 8.97. The van der Waals surface area contributed by atoms with Gasteiger partial charge in [0.25, 0.3) is 0 Å². The first kappa shape index (κ1) is 20.7. The second-order valence-corrected chi connectivity index (χ2v) is 9.32. The average Bonchev–Trinajstić information content (AvgIpc) is 2.60. The summed E-state index contributed by atoms with van der Waals surface area (Å²) in [6.07, 6.45) is -1.67. The molecule has 4 nitrogen and oxygen atoms in total. The van der Waals surface area contributed by atoms with Crippen LogP contribution in [0.25, 0.3) is 0 Å². The van der Waals surface area contributed by atoms with Crippen molar-refractivity contribution in [1.82, 2.24) is 4.90 Å². The SMILES string of the molecule is CS(=O)(=O)CCCN1CCc2ccc(Oc3ccc(C(F)(F)F)cc3)cc2C1. The Balaban J connectivity index is 1.64. The van der Waals surface area contributed by atoms with Gasteiger partial charge in [-0.2, -0.15) is 13.2 Å². The first-order valence-corrected chi connectivity index (χ1v) is 11.0. The lowest BCUT2D eigenvalue weighted by Gasteiger charge is -2.29. The van der Waals surface area contributed by atoms with Gasteiger partial charge < -0.3 is 4.74 Å². The van der Waals surface area contributed by atoms with E-state index in [2.05, 4.69) is 4.90 Å². The predicted octanol–water partition coefficient (Wildman–Crippen LogP) is 4.29. The van der Waals surface area contributed by atoms with E-state index in [0.717, 1.165) is 30.7 Å². The maximum absolute atomic E-state index is 12.6. The molecule has 0 aromatic heterocycles.